The van der Waals surface area contributed by atoms with E-state index in [1.165, 1.54) is 0 Å². The number of aromatic nitrogens is 1. The predicted octanol–water partition coefficient (Wildman–Crippen LogP) is 3.04. The van der Waals surface area contributed by atoms with Crippen LogP contribution in [0.15, 0.2) is 18.2 Å². The lowest BCUT2D eigenvalue weighted by Crippen LogP contribution is -2.09. The van der Waals surface area contributed by atoms with Crippen molar-refractivity contribution in [2.75, 3.05) is 0 Å². The van der Waals surface area contributed by atoms with Gasteiger partial charge >= 0.3 is 6.18 Å². The molecule has 0 fully saturated rings. The van der Waals surface area contributed by atoms with Crippen molar-refractivity contribution in [3.8, 4) is 0 Å². The Labute approximate surface area is 70.2 Å². The van der Waals surface area contributed by atoms with E-state index in [0.29, 0.717) is 6.07 Å². The molecule has 0 radical (unpaired) electrons. The van der Waals surface area contributed by atoms with Crippen LogP contribution >= 0.6 is 0 Å². The third-order valence-corrected chi connectivity index (χ3v) is 1.28. The molecule has 6 heteroatoms. The molecule has 1 rings (SSSR count). The molecule has 0 aliphatic heterocycles. The third kappa shape index (κ3) is 2.37. The highest BCUT2D eigenvalue weighted by Crippen LogP contribution is 2.28. The Kier molecular flexibility index (Phi) is 2.49. The number of nitrogens with zero attached hydrogens (tertiary/aromatic N) is 1. The van der Waals surface area contributed by atoms with Gasteiger partial charge in [0.15, 0.2) is 0 Å². The molecule has 72 valence electrons. The lowest BCUT2D eigenvalue weighted by Gasteiger charge is -2.06. The van der Waals surface area contributed by atoms with Crippen LogP contribution in [0.1, 0.15) is 17.8 Å². The lowest BCUT2D eigenvalue weighted by atomic mass is 10.3. The summed E-state index contributed by atoms with van der Waals surface area (Å²) >= 11 is 0. The molecule has 13 heavy (non-hydrogen) atoms. The van der Waals surface area contributed by atoms with Gasteiger partial charge in [0.1, 0.15) is 11.4 Å². The largest absolute Gasteiger partial charge is 0.433 e. The molecule has 0 aromatic carbocycles. The van der Waals surface area contributed by atoms with Crippen LogP contribution in [-0.2, 0) is 6.18 Å². The zero-order valence-corrected chi connectivity index (χ0v) is 6.15. The molecule has 1 aromatic heterocycles. The second kappa shape index (κ2) is 3.27. The molecular weight excluding hydrogens is 193 g/mol. The Bertz CT molecular complexity index is 293. The zero-order chi connectivity index (χ0) is 10.1. The maximum absolute atomic E-state index is 11.9. The normalized spacial score (nSPS) is 12.2. The molecule has 0 spiro atoms. The molecule has 0 saturated heterocycles. The fourth-order valence-corrected chi connectivity index (χ4v) is 0.731. The molecule has 0 N–H and O–H groups in total. The second-order valence-corrected chi connectivity index (χ2v) is 2.25. The summed E-state index contributed by atoms with van der Waals surface area (Å²) in [6.07, 6.45) is -7.66. The molecule has 0 saturated carbocycles. The molecule has 0 bridgehead atoms. The molecular formula is C7H4F5N. The highest BCUT2D eigenvalue weighted by Gasteiger charge is 2.32. The number of hydrogen-bond donors (Lipinski definition) is 0. The topological polar surface area (TPSA) is 12.9 Å². The first kappa shape index (κ1) is 9.88. The summed E-state index contributed by atoms with van der Waals surface area (Å²) in [5, 5.41) is 0. The smallest absolute Gasteiger partial charge is 0.242 e. The van der Waals surface area contributed by atoms with E-state index in [2.05, 4.69) is 4.98 Å². The summed E-state index contributed by atoms with van der Waals surface area (Å²) in [7, 11) is 0. The Hall–Kier alpha value is -1.20. The van der Waals surface area contributed by atoms with Gasteiger partial charge in [-0.1, -0.05) is 6.07 Å². The van der Waals surface area contributed by atoms with E-state index >= 15 is 0 Å². The lowest BCUT2D eigenvalue weighted by molar-refractivity contribution is -0.141. The van der Waals surface area contributed by atoms with Gasteiger partial charge in [0.2, 0.25) is 0 Å². The Morgan fingerprint density at radius 3 is 2.23 bits per heavy atom. The Balaban J connectivity index is 3.06. The SMILES string of the molecule is FC(F)c1cccc(C(F)(F)F)n1. The number of halogens is 5. The summed E-state index contributed by atoms with van der Waals surface area (Å²) in [5.41, 5.74) is -2.17. The number of alkyl halides is 5. The van der Waals surface area contributed by atoms with Gasteiger partial charge in [-0.3, -0.25) is 0 Å². The van der Waals surface area contributed by atoms with Crippen molar-refractivity contribution in [2.45, 2.75) is 12.6 Å². The van der Waals surface area contributed by atoms with Crippen LogP contribution in [0.5, 0.6) is 0 Å². The Morgan fingerprint density at radius 2 is 1.77 bits per heavy atom. The van der Waals surface area contributed by atoms with Crippen LogP contribution in [0.2, 0.25) is 0 Å². The van der Waals surface area contributed by atoms with Gasteiger partial charge < -0.3 is 0 Å². The van der Waals surface area contributed by atoms with Crippen LogP contribution in [0.4, 0.5) is 22.0 Å². The van der Waals surface area contributed by atoms with Gasteiger partial charge in [-0.15, -0.1) is 0 Å². The quantitative estimate of drug-likeness (QED) is 0.630. The average molecular weight is 197 g/mol. The van der Waals surface area contributed by atoms with Crippen LogP contribution in [0.3, 0.4) is 0 Å². The summed E-state index contributed by atoms with van der Waals surface area (Å²) < 4.78 is 59.6. The van der Waals surface area contributed by atoms with Crippen molar-refractivity contribution in [1.82, 2.24) is 4.98 Å². The van der Waals surface area contributed by atoms with Crippen LogP contribution in [-0.4, -0.2) is 4.98 Å². The fraction of sp³-hybridized carbons (Fsp3) is 0.286. The van der Waals surface area contributed by atoms with E-state index in [4.69, 9.17) is 0 Å². The molecule has 0 aliphatic rings. The van der Waals surface area contributed by atoms with Crippen molar-refractivity contribution in [3.05, 3.63) is 29.6 Å². The monoisotopic (exact) mass is 197 g/mol. The maximum Gasteiger partial charge on any atom is 0.433 e. The minimum atomic E-state index is -4.68. The van der Waals surface area contributed by atoms with E-state index in [9.17, 15) is 22.0 Å². The average Bonchev–Trinajstić information content (AvgIpc) is 2.03. The first-order chi connectivity index (χ1) is 5.91. The van der Waals surface area contributed by atoms with Gasteiger partial charge in [0.05, 0.1) is 0 Å². The highest BCUT2D eigenvalue weighted by atomic mass is 19.4. The molecule has 1 aromatic rings. The molecule has 0 amide bonds. The fourth-order valence-electron chi connectivity index (χ4n) is 0.731. The zero-order valence-electron chi connectivity index (χ0n) is 6.15. The summed E-state index contributed by atoms with van der Waals surface area (Å²) in [6.45, 7) is 0. The third-order valence-electron chi connectivity index (χ3n) is 1.28. The van der Waals surface area contributed by atoms with E-state index in [-0.39, 0.29) is 0 Å². The molecule has 0 aliphatic carbocycles. The number of hydrogen-bond acceptors (Lipinski definition) is 1. The van der Waals surface area contributed by atoms with Crippen LogP contribution in [0, 0.1) is 0 Å². The summed E-state index contributed by atoms with van der Waals surface area (Å²) in [4.78, 5) is 2.77. The van der Waals surface area contributed by atoms with E-state index in [0.717, 1.165) is 12.1 Å². The molecule has 0 unspecified atom stereocenters. The van der Waals surface area contributed by atoms with Gasteiger partial charge in [0.25, 0.3) is 6.43 Å². The standard InChI is InChI=1S/C7H4F5N/c8-6(9)4-2-1-3-5(13-4)7(10,11)12/h1-3,6H. The Morgan fingerprint density at radius 1 is 1.15 bits per heavy atom. The molecule has 1 nitrogen and oxygen atoms in total. The van der Waals surface area contributed by atoms with Gasteiger partial charge in [-0.25, -0.2) is 13.8 Å². The number of rotatable bonds is 1. The molecule has 1 heterocycles. The van der Waals surface area contributed by atoms with Crippen molar-refractivity contribution < 1.29 is 22.0 Å². The summed E-state index contributed by atoms with van der Waals surface area (Å²) in [5.74, 6) is 0. The van der Waals surface area contributed by atoms with Crippen molar-refractivity contribution in [2.24, 2.45) is 0 Å². The number of pyridine rings is 1. The minimum absolute atomic E-state index is 0.645. The first-order valence-corrected chi connectivity index (χ1v) is 3.23. The highest BCUT2D eigenvalue weighted by molar-refractivity contribution is 5.14. The van der Waals surface area contributed by atoms with Crippen LogP contribution < -0.4 is 0 Å². The molecule has 0 atom stereocenters. The second-order valence-electron chi connectivity index (χ2n) is 2.25. The van der Waals surface area contributed by atoms with Crippen molar-refractivity contribution in [3.63, 3.8) is 0 Å². The van der Waals surface area contributed by atoms with E-state index in [1.54, 1.807) is 0 Å². The van der Waals surface area contributed by atoms with Gasteiger partial charge in [-0.2, -0.15) is 13.2 Å². The van der Waals surface area contributed by atoms with E-state index < -0.39 is 24.0 Å². The maximum atomic E-state index is 11.9. The van der Waals surface area contributed by atoms with Gasteiger partial charge in [-0.05, 0) is 12.1 Å². The van der Waals surface area contributed by atoms with Gasteiger partial charge in [0, 0.05) is 0 Å². The first-order valence-electron chi connectivity index (χ1n) is 3.23. The predicted molar refractivity (Wildman–Crippen MR) is 34.2 cm³/mol. The summed E-state index contributed by atoms with van der Waals surface area (Å²) in [6, 6.07) is 2.39. The minimum Gasteiger partial charge on any atom is -0.242 e. The van der Waals surface area contributed by atoms with Crippen LogP contribution in [0.25, 0.3) is 0 Å². The van der Waals surface area contributed by atoms with Crippen molar-refractivity contribution in [1.29, 1.82) is 0 Å². The van der Waals surface area contributed by atoms with E-state index in [1.807, 2.05) is 0 Å². The van der Waals surface area contributed by atoms with Crippen molar-refractivity contribution >= 4 is 0 Å².